The fourth-order valence-corrected chi connectivity index (χ4v) is 2.77. The molecule has 0 unspecified atom stereocenters. The molecule has 28 heavy (non-hydrogen) atoms. The fourth-order valence-electron chi connectivity index (χ4n) is 2.77. The summed E-state index contributed by atoms with van der Waals surface area (Å²) >= 11 is 0. The molecule has 0 radical (unpaired) electrons. The molecular weight excluding hydrogens is 467 g/mol. The van der Waals surface area contributed by atoms with Crippen molar-refractivity contribution in [1.82, 2.24) is 15.4 Å². The summed E-state index contributed by atoms with van der Waals surface area (Å²) in [5.74, 6) is 2.40. The number of hydrogen-bond donors (Lipinski definition) is 1. The maximum absolute atomic E-state index is 5.44. The number of nitrogens with zero attached hydrogens (tertiary/aromatic N) is 3. The summed E-state index contributed by atoms with van der Waals surface area (Å²) in [7, 11) is 5.43. The van der Waals surface area contributed by atoms with Gasteiger partial charge in [-0.05, 0) is 17.7 Å². The Morgan fingerprint density at radius 1 is 1.14 bits per heavy atom. The van der Waals surface area contributed by atoms with E-state index in [1.54, 1.807) is 14.2 Å². The summed E-state index contributed by atoms with van der Waals surface area (Å²) in [6, 6.07) is 19.9. The number of benzene rings is 2. The predicted molar refractivity (Wildman–Crippen MR) is 122 cm³/mol. The molecule has 2 aromatic carbocycles. The largest absolute Gasteiger partial charge is 0.497 e. The first-order valence-corrected chi connectivity index (χ1v) is 8.75. The normalized spacial score (nSPS) is 10.9. The highest BCUT2D eigenvalue weighted by Gasteiger charge is 2.10. The first kappa shape index (κ1) is 21.7. The molecule has 0 saturated carbocycles. The zero-order chi connectivity index (χ0) is 19.1. The summed E-state index contributed by atoms with van der Waals surface area (Å²) < 4.78 is 10.6. The van der Waals surface area contributed by atoms with Gasteiger partial charge >= 0.3 is 0 Å². The van der Waals surface area contributed by atoms with Crippen molar-refractivity contribution in [2.24, 2.45) is 4.99 Å². The molecule has 0 aliphatic carbocycles. The molecular formula is C21H25IN4O2. The second kappa shape index (κ2) is 10.7. The third-order valence-electron chi connectivity index (χ3n) is 4.20. The summed E-state index contributed by atoms with van der Waals surface area (Å²) in [5, 5.41) is 7.46. The lowest BCUT2D eigenvalue weighted by Crippen LogP contribution is -2.38. The van der Waals surface area contributed by atoms with Gasteiger partial charge in [-0.25, -0.2) is 0 Å². The van der Waals surface area contributed by atoms with Gasteiger partial charge in [0.15, 0.2) is 11.7 Å². The summed E-state index contributed by atoms with van der Waals surface area (Å²) in [6.45, 7) is 1.27. The van der Waals surface area contributed by atoms with Crippen LogP contribution >= 0.6 is 24.0 Å². The van der Waals surface area contributed by atoms with Crippen LogP contribution in [0.5, 0.6) is 5.75 Å². The average Bonchev–Trinajstić information content (AvgIpc) is 3.19. The van der Waals surface area contributed by atoms with Crippen molar-refractivity contribution in [3.05, 3.63) is 71.9 Å². The standard InChI is InChI=1S/C21H24N4O2.HI/c1-22-21(25(2)15-16-9-11-19(26-3)12-10-16)23-14-18-13-20(27-24-18)17-7-5-4-6-8-17;/h4-13H,14-15H2,1-3H3,(H,22,23);1H. The van der Waals surface area contributed by atoms with Gasteiger partial charge in [0, 0.05) is 32.3 Å². The van der Waals surface area contributed by atoms with Crippen LogP contribution in [0.3, 0.4) is 0 Å². The van der Waals surface area contributed by atoms with E-state index in [1.807, 2.05) is 67.7 Å². The van der Waals surface area contributed by atoms with Gasteiger partial charge in [0.25, 0.3) is 0 Å². The van der Waals surface area contributed by atoms with Crippen LogP contribution in [0.2, 0.25) is 0 Å². The summed E-state index contributed by atoms with van der Waals surface area (Å²) in [4.78, 5) is 6.40. The Balaban J connectivity index is 0.00000280. The van der Waals surface area contributed by atoms with E-state index in [0.29, 0.717) is 6.54 Å². The first-order valence-electron chi connectivity index (χ1n) is 8.75. The van der Waals surface area contributed by atoms with Crippen LogP contribution < -0.4 is 10.1 Å². The molecule has 0 fully saturated rings. The quantitative estimate of drug-likeness (QED) is 0.318. The van der Waals surface area contributed by atoms with Gasteiger partial charge < -0.3 is 19.5 Å². The van der Waals surface area contributed by atoms with Crippen LogP contribution in [0, 0.1) is 0 Å². The zero-order valence-corrected chi connectivity index (χ0v) is 18.6. The predicted octanol–water partition coefficient (Wildman–Crippen LogP) is 4.18. The minimum atomic E-state index is 0. The number of ether oxygens (including phenoxy) is 1. The molecule has 3 aromatic rings. The number of hydrogen-bond acceptors (Lipinski definition) is 4. The van der Waals surface area contributed by atoms with Gasteiger partial charge in [0.2, 0.25) is 0 Å². The van der Waals surface area contributed by atoms with Crippen molar-refractivity contribution in [1.29, 1.82) is 0 Å². The van der Waals surface area contributed by atoms with Gasteiger partial charge in [-0.2, -0.15) is 0 Å². The molecule has 0 amide bonds. The topological polar surface area (TPSA) is 62.9 Å². The molecule has 0 bridgehead atoms. The maximum atomic E-state index is 5.44. The zero-order valence-electron chi connectivity index (χ0n) is 16.3. The van der Waals surface area contributed by atoms with Crippen LogP contribution in [0.1, 0.15) is 11.3 Å². The average molecular weight is 492 g/mol. The number of guanidine groups is 1. The molecule has 1 heterocycles. The van der Waals surface area contributed by atoms with Crippen LogP contribution in [0.4, 0.5) is 0 Å². The lowest BCUT2D eigenvalue weighted by molar-refractivity contribution is 0.414. The Morgan fingerprint density at radius 3 is 2.50 bits per heavy atom. The van der Waals surface area contributed by atoms with Crippen molar-refractivity contribution in [3.63, 3.8) is 0 Å². The highest BCUT2D eigenvalue weighted by atomic mass is 127. The number of aliphatic imine (C=N–C) groups is 1. The minimum absolute atomic E-state index is 0. The molecule has 1 aromatic heterocycles. The third kappa shape index (κ3) is 5.72. The molecule has 1 N–H and O–H groups in total. The lowest BCUT2D eigenvalue weighted by atomic mass is 10.2. The van der Waals surface area contributed by atoms with Crippen molar-refractivity contribution < 1.29 is 9.26 Å². The molecule has 7 heteroatoms. The second-order valence-corrected chi connectivity index (χ2v) is 6.15. The third-order valence-corrected chi connectivity index (χ3v) is 4.20. The van der Waals surface area contributed by atoms with Gasteiger partial charge in [-0.15, -0.1) is 24.0 Å². The second-order valence-electron chi connectivity index (χ2n) is 6.15. The molecule has 3 rings (SSSR count). The Kier molecular flexibility index (Phi) is 8.31. The van der Waals surface area contributed by atoms with E-state index in [9.17, 15) is 0 Å². The first-order chi connectivity index (χ1) is 13.2. The van der Waals surface area contributed by atoms with Crippen molar-refractivity contribution >= 4 is 29.9 Å². The van der Waals surface area contributed by atoms with Crippen LogP contribution in [-0.4, -0.2) is 37.2 Å². The summed E-state index contributed by atoms with van der Waals surface area (Å²) in [5.41, 5.74) is 3.01. The van der Waals surface area contributed by atoms with E-state index >= 15 is 0 Å². The Hall–Kier alpha value is -2.55. The number of methoxy groups -OCH3 is 1. The lowest BCUT2D eigenvalue weighted by Gasteiger charge is -2.21. The van der Waals surface area contributed by atoms with Crippen molar-refractivity contribution in [3.8, 4) is 17.1 Å². The van der Waals surface area contributed by atoms with Crippen LogP contribution in [-0.2, 0) is 13.1 Å². The smallest absolute Gasteiger partial charge is 0.194 e. The van der Waals surface area contributed by atoms with Gasteiger partial charge in [-0.1, -0.05) is 47.6 Å². The molecule has 148 valence electrons. The van der Waals surface area contributed by atoms with Crippen LogP contribution in [0.15, 0.2) is 70.2 Å². The van der Waals surface area contributed by atoms with Crippen LogP contribution in [0.25, 0.3) is 11.3 Å². The van der Waals surface area contributed by atoms with Gasteiger partial charge in [0.05, 0.1) is 13.7 Å². The Bertz CT molecular complexity index is 879. The van der Waals surface area contributed by atoms with E-state index in [1.165, 1.54) is 5.56 Å². The van der Waals surface area contributed by atoms with Crippen molar-refractivity contribution in [2.75, 3.05) is 21.2 Å². The van der Waals surface area contributed by atoms with Gasteiger partial charge in [-0.3, -0.25) is 4.99 Å². The van der Waals surface area contributed by atoms with Gasteiger partial charge in [0.1, 0.15) is 11.4 Å². The van der Waals surface area contributed by atoms with Crippen molar-refractivity contribution in [2.45, 2.75) is 13.1 Å². The number of halogens is 1. The Morgan fingerprint density at radius 2 is 1.86 bits per heavy atom. The minimum Gasteiger partial charge on any atom is -0.497 e. The highest BCUT2D eigenvalue weighted by molar-refractivity contribution is 14.0. The van der Waals surface area contributed by atoms with E-state index < -0.39 is 0 Å². The molecule has 0 saturated heterocycles. The number of aromatic nitrogens is 1. The van der Waals surface area contributed by atoms with E-state index in [2.05, 4.69) is 20.4 Å². The fraction of sp³-hybridized carbons (Fsp3) is 0.238. The van der Waals surface area contributed by atoms with E-state index in [0.717, 1.165) is 35.3 Å². The molecule has 0 aliphatic rings. The number of nitrogens with one attached hydrogen (secondary N) is 1. The molecule has 0 atom stereocenters. The maximum Gasteiger partial charge on any atom is 0.194 e. The number of rotatable bonds is 6. The van der Waals surface area contributed by atoms with E-state index in [-0.39, 0.29) is 24.0 Å². The monoisotopic (exact) mass is 492 g/mol. The molecule has 0 spiro atoms. The molecule has 0 aliphatic heterocycles. The SMILES string of the molecule is CN=C(NCc1cc(-c2ccccc2)on1)N(C)Cc1ccc(OC)cc1.I. The highest BCUT2D eigenvalue weighted by Crippen LogP contribution is 2.19. The summed E-state index contributed by atoms with van der Waals surface area (Å²) in [6.07, 6.45) is 0. The Labute approximate surface area is 182 Å². The molecule has 6 nitrogen and oxygen atoms in total. The van der Waals surface area contributed by atoms with E-state index in [4.69, 9.17) is 9.26 Å².